The smallest absolute Gasteiger partial charge is 0.232 e. The molecule has 1 aliphatic heterocycles. The molecule has 2 heterocycles. The van der Waals surface area contributed by atoms with E-state index in [2.05, 4.69) is 10.5 Å². The van der Waals surface area contributed by atoms with Gasteiger partial charge in [-0.25, -0.2) is 0 Å². The van der Waals surface area contributed by atoms with Gasteiger partial charge >= 0.3 is 0 Å². The highest BCUT2D eigenvalue weighted by Gasteiger charge is 2.40. The quantitative estimate of drug-likeness (QED) is 0.809. The average molecular weight is 275 g/mol. The Bertz CT molecular complexity index is 680. The molecule has 2 aromatic rings. The van der Waals surface area contributed by atoms with Crippen LogP contribution in [0.1, 0.15) is 36.1 Å². The molecule has 0 saturated heterocycles. The number of fused-ring (bicyclic) bond motifs is 2. The molecule has 19 heavy (non-hydrogen) atoms. The summed E-state index contributed by atoms with van der Waals surface area (Å²) in [5.74, 6) is 0.273. The molecule has 1 aliphatic carbocycles. The molecule has 0 fully saturated rings. The van der Waals surface area contributed by atoms with E-state index in [1.54, 1.807) is 0 Å². The van der Waals surface area contributed by atoms with E-state index in [1.165, 1.54) is 0 Å². The van der Waals surface area contributed by atoms with Crippen LogP contribution in [-0.2, 0) is 4.79 Å². The van der Waals surface area contributed by atoms with Crippen molar-refractivity contribution >= 4 is 22.5 Å². The van der Waals surface area contributed by atoms with Crippen molar-refractivity contribution in [1.29, 1.82) is 0 Å². The third-order valence-electron chi connectivity index (χ3n) is 3.95. The van der Waals surface area contributed by atoms with Gasteiger partial charge in [-0.05, 0) is 30.5 Å². The number of anilines is 1. The summed E-state index contributed by atoms with van der Waals surface area (Å²) in [6, 6.07) is 8.16. The summed E-state index contributed by atoms with van der Waals surface area (Å²) in [5, 5.41) is 7.29. The number of benzene rings is 1. The van der Waals surface area contributed by atoms with Gasteiger partial charge in [-0.2, -0.15) is 0 Å². The minimum absolute atomic E-state index is 0.165. The molecule has 0 bridgehead atoms. The maximum absolute atomic E-state index is 11.5. The molecule has 1 N–H and O–H groups in total. The second kappa shape index (κ2) is 3.84. The Morgan fingerprint density at radius 2 is 2.21 bits per heavy atom. The first-order valence-corrected chi connectivity index (χ1v) is 6.68. The van der Waals surface area contributed by atoms with Crippen molar-refractivity contribution in [3.05, 3.63) is 35.6 Å². The summed E-state index contributed by atoms with van der Waals surface area (Å²) < 4.78 is 5.42. The Balaban J connectivity index is 1.94. The van der Waals surface area contributed by atoms with Crippen LogP contribution in [0.3, 0.4) is 0 Å². The van der Waals surface area contributed by atoms with Crippen molar-refractivity contribution in [2.75, 3.05) is 5.32 Å². The van der Waals surface area contributed by atoms with Crippen molar-refractivity contribution in [3.8, 4) is 11.3 Å². The predicted molar refractivity (Wildman–Crippen MR) is 71.1 cm³/mol. The molecular formula is C14H11ClN2O2. The van der Waals surface area contributed by atoms with Crippen LogP contribution in [-0.4, -0.2) is 10.4 Å². The molecule has 0 saturated carbocycles. The molecule has 2 atom stereocenters. The van der Waals surface area contributed by atoms with Gasteiger partial charge in [-0.15, -0.1) is 0 Å². The fourth-order valence-corrected chi connectivity index (χ4v) is 3.27. The lowest BCUT2D eigenvalue weighted by atomic mass is 9.81. The van der Waals surface area contributed by atoms with E-state index in [0.29, 0.717) is 12.2 Å². The van der Waals surface area contributed by atoms with Crippen LogP contribution in [0.5, 0.6) is 0 Å². The normalized spacial score (nSPS) is 23.2. The number of rotatable bonds is 1. The zero-order valence-electron chi connectivity index (χ0n) is 10.0. The molecule has 2 unspecified atom stereocenters. The van der Waals surface area contributed by atoms with Crippen LogP contribution in [0.15, 0.2) is 28.8 Å². The monoisotopic (exact) mass is 274 g/mol. The first-order valence-electron chi connectivity index (χ1n) is 6.30. The van der Waals surface area contributed by atoms with Gasteiger partial charge in [0, 0.05) is 16.8 Å². The van der Waals surface area contributed by atoms with E-state index < -0.39 is 0 Å². The summed E-state index contributed by atoms with van der Waals surface area (Å²) in [7, 11) is 0. The van der Waals surface area contributed by atoms with Gasteiger partial charge in [0.2, 0.25) is 5.24 Å². The molecule has 1 aromatic carbocycles. The Labute approximate surface area is 114 Å². The van der Waals surface area contributed by atoms with Gasteiger partial charge in [0.25, 0.3) is 0 Å². The van der Waals surface area contributed by atoms with Crippen molar-refractivity contribution in [2.45, 2.75) is 24.8 Å². The largest absolute Gasteiger partial charge is 0.377 e. The minimum atomic E-state index is -0.365. The molecule has 0 radical (unpaired) electrons. The number of aromatic nitrogens is 1. The highest BCUT2D eigenvalue weighted by atomic mass is 35.5. The standard InChI is InChI=1S/C14H11ClN2O2/c15-14(18)8-5-6-10-11-12(17-19-13(8)11)7-3-1-2-4-9(7)16-10/h1-4,8,10,16H,5-6H2. The molecule has 0 amide bonds. The fraction of sp³-hybridized carbons (Fsp3) is 0.286. The van der Waals surface area contributed by atoms with Gasteiger partial charge in [0.1, 0.15) is 5.69 Å². The van der Waals surface area contributed by atoms with Crippen LogP contribution in [0.4, 0.5) is 5.69 Å². The van der Waals surface area contributed by atoms with Gasteiger partial charge in [-0.1, -0.05) is 23.4 Å². The lowest BCUT2D eigenvalue weighted by Gasteiger charge is -2.31. The number of nitrogens with zero attached hydrogens (tertiary/aromatic N) is 1. The van der Waals surface area contributed by atoms with E-state index in [0.717, 1.165) is 28.9 Å². The zero-order chi connectivity index (χ0) is 13.0. The highest BCUT2D eigenvalue weighted by molar-refractivity contribution is 6.64. The molecule has 4 nitrogen and oxygen atoms in total. The first kappa shape index (κ1) is 11.1. The number of hydrogen-bond acceptors (Lipinski definition) is 4. The maximum atomic E-state index is 11.5. The second-order valence-electron chi connectivity index (χ2n) is 4.99. The third kappa shape index (κ3) is 1.46. The van der Waals surface area contributed by atoms with Crippen molar-refractivity contribution in [2.24, 2.45) is 0 Å². The number of para-hydroxylation sites is 1. The van der Waals surface area contributed by atoms with E-state index >= 15 is 0 Å². The second-order valence-corrected chi connectivity index (χ2v) is 5.36. The Kier molecular flexibility index (Phi) is 2.23. The lowest BCUT2D eigenvalue weighted by molar-refractivity contribution is -0.113. The summed E-state index contributed by atoms with van der Waals surface area (Å²) in [6.07, 6.45) is 1.56. The van der Waals surface area contributed by atoms with Crippen molar-refractivity contribution < 1.29 is 9.32 Å². The van der Waals surface area contributed by atoms with Gasteiger partial charge in [0.05, 0.1) is 12.0 Å². The predicted octanol–water partition coefficient (Wildman–Crippen LogP) is 3.45. The van der Waals surface area contributed by atoms with Crippen molar-refractivity contribution in [1.82, 2.24) is 5.16 Å². The van der Waals surface area contributed by atoms with E-state index in [-0.39, 0.29) is 17.2 Å². The van der Waals surface area contributed by atoms with E-state index in [4.69, 9.17) is 16.1 Å². The Morgan fingerprint density at radius 1 is 1.37 bits per heavy atom. The molecule has 0 spiro atoms. The molecule has 4 rings (SSSR count). The lowest BCUT2D eigenvalue weighted by Crippen LogP contribution is -2.24. The Hall–Kier alpha value is -1.81. The topological polar surface area (TPSA) is 55.1 Å². The van der Waals surface area contributed by atoms with E-state index in [1.807, 2.05) is 24.3 Å². The van der Waals surface area contributed by atoms with Crippen LogP contribution in [0.2, 0.25) is 0 Å². The van der Waals surface area contributed by atoms with Gasteiger partial charge in [-0.3, -0.25) is 4.79 Å². The van der Waals surface area contributed by atoms with E-state index in [9.17, 15) is 4.79 Å². The van der Waals surface area contributed by atoms with Crippen LogP contribution >= 0.6 is 11.6 Å². The van der Waals surface area contributed by atoms with Crippen LogP contribution in [0, 0.1) is 0 Å². The number of carbonyl (C=O) groups is 1. The summed E-state index contributed by atoms with van der Waals surface area (Å²) in [4.78, 5) is 11.5. The summed E-state index contributed by atoms with van der Waals surface area (Å²) >= 11 is 5.66. The molecular weight excluding hydrogens is 264 g/mol. The first-order chi connectivity index (χ1) is 9.25. The fourth-order valence-electron chi connectivity index (χ4n) is 3.07. The van der Waals surface area contributed by atoms with Gasteiger partial charge in [0.15, 0.2) is 5.76 Å². The highest BCUT2D eigenvalue weighted by Crippen LogP contribution is 2.49. The van der Waals surface area contributed by atoms with Crippen molar-refractivity contribution in [3.63, 3.8) is 0 Å². The number of hydrogen-bond donors (Lipinski definition) is 1. The van der Waals surface area contributed by atoms with Crippen LogP contribution in [0.25, 0.3) is 11.3 Å². The number of carbonyl (C=O) groups excluding carboxylic acids is 1. The third-order valence-corrected chi connectivity index (χ3v) is 4.21. The SMILES string of the molecule is O=C(Cl)C1CCC2Nc3ccccc3-c3noc1c32. The molecule has 1 aromatic heterocycles. The number of nitrogens with one attached hydrogen (secondary N) is 1. The number of halogens is 1. The minimum Gasteiger partial charge on any atom is -0.377 e. The Morgan fingerprint density at radius 3 is 3.05 bits per heavy atom. The van der Waals surface area contributed by atoms with Crippen LogP contribution < -0.4 is 5.32 Å². The average Bonchev–Trinajstić information content (AvgIpc) is 2.85. The summed E-state index contributed by atoms with van der Waals surface area (Å²) in [5.41, 5.74) is 3.93. The maximum Gasteiger partial charge on any atom is 0.232 e. The molecule has 2 aliphatic rings. The van der Waals surface area contributed by atoms with Gasteiger partial charge < -0.3 is 9.84 Å². The molecule has 5 heteroatoms. The molecule has 96 valence electrons. The zero-order valence-corrected chi connectivity index (χ0v) is 10.8. The summed E-state index contributed by atoms with van der Waals surface area (Å²) in [6.45, 7) is 0.